The topological polar surface area (TPSA) is 17.1 Å². The molecule has 0 saturated heterocycles. The van der Waals surface area contributed by atoms with E-state index in [0.717, 1.165) is 0 Å². The summed E-state index contributed by atoms with van der Waals surface area (Å²) in [6, 6.07) is 8.03. The van der Waals surface area contributed by atoms with E-state index in [-0.39, 0.29) is 14.1 Å². The molecule has 58 valence electrons. The Hall–Kier alpha value is -0.680. The van der Waals surface area contributed by atoms with Gasteiger partial charge in [0, 0.05) is 0 Å². The van der Waals surface area contributed by atoms with Crippen LogP contribution in [0.3, 0.4) is 0 Å². The highest BCUT2D eigenvalue weighted by atomic mass is 31.1. The molecular formula is C9H11OP. The largest absolute Gasteiger partial charge is 0.274 e. The van der Waals surface area contributed by atoms with Crippen molar-refractivity contribution in [1.82, 2.24) is 0 Å². The Labute approximate surface area is 68.6 Å². The van der Waals surface area contributed by atoms with Gasteiger partial charge in [0.1, 0.15) is 0 Å². The molecule has 1 aromatic rings. The molecule has 1 atom stereocenters. The van der Waals surface area contributed by atoms with E-state index in [1.807, 2.05) is 38.1 Å². The lowest BCUT2D eigenvalue weighted by Crippen LogP contribution is -1.87. The van der Waals surface area contributed by atoms with Crippen LogP contribution in [0.4, 0.5) is 0 Å². The van der Waals surface area contributed by atoms with Crippen molar-refractivity contribution < 1.29 is 4.57 Å². The molecule has 0 N–H and O–H groups in total. The minimum absolute atomic E-state index is 0.121. The Morgan fingerprint density at radius 1 is 1.36 bits per heavy atom. The molecule has 0 aliphatic carbocycles. The maximum Gasteiger partial charge on any atom is 0.163 e. The smallest absolute Gasteiger partial charge is 0.163 e. The lowest BCUT2D eigenvalue weighted by molar-refractivity contribution is 0.593. The van der Waals surface area contributed by atoms with Crippen LogP contribution in [0.25, 0.3) is 0 Å². The van der Waals surface area contributed by atoms with Crippen LogP contribution < -0.4 is 0 Å². The van der Waals surface area contributed by atoms with Crippen LogP contribution >= 0.6 is 8.46 Å². The van der Waals surface area contributed by atoms with Gasteiger partial charge in [-0.25, -0.2) is 0 Å². The lowest BCUT2D eigenvalue weighted by Gasteiger charge is -2.05. The summed E-state index contributed by atoms with van der Waals surface area (Å²) in [7, 11) is 0.199. The van der Waals surface area contributed by atoms with Crippen LogP contribution in [-0.4, -0.2) is 0 Å². The quantitative estimate of drug-likeness (QED) is 0.615. The van der Waals surface area contributed by atoms with Crippen LogP contribution in [0.15, 0.2) is 24.3 Å². The molecule has 1 aromatic carbocycles. The summed E-state index contributed by atoms with van der Waals surface area (Å²) in [5.41, 5.74) is 2.50. The monoisotopic (exact) mass is 166 g/mol. The first kappa shape index (κ1) is 8.42. The number of hydrogen-bond acceptors (Lipinski definition) is 1. The summed E-state index contributed by atoms with van der Waals surface area (Å²) in [6.45, 7) is 3.99. The molecule has 2 heteroatoms. The van der Waals surface area contributed by atoms with E-state index in [0.29, 0.717) is 0 Å². The highest BCUT2D eigenvalue weighted by molar-refractivity contribution is 7.24. The third-order valence-corrected chi connectivity index (χ3v) is 2.39. The molecule has 0 heterocycles. The Bertz CT molecular complexity index is 257. The van der Waals surface area contributed by atoms with Crippen molar-refractivity contribution >= 4 is 8.46 Å². The van der Waals surface area contributed by atoms with Crippen molar-refractivity contribution in [2.24, 2.45) is 0 Å². The third kappa shape index (κ3) is 1.87. The average Bonchev–Trinajstić information content (AvgIpc) is 2.04. The molecule has 0 aliphatic rings. The van der Waals surface area contributed by atoms with Gasteiger partial charge in [-0.15, -0.1) is 0 Å². The van der Waals surface area contributed by atoms with Crippen LogP contribution in [-0.2, 0) is 4.57 Å². The molecule has 0 bridgehead atoms. The third-order valence-electron chi connectivity index (χ3n) is 1.80. The van der Waals surface area contributed by atoms with E-state index in [4.69, 9.17) is 0 Å². The summed E-state index contributed by atoms with van der Waals surface area (Å²) in [5, 5.41) is 0. The standard InChI is InChI=1S/C9H11OP/c1-7-5-3-4-6-9(7)8(2)11-10/h3-6,8H,1-2H3. The number of hydrogen-bond donors (Lipinski definition) is 0. The van der Waals surface area contributed by atoms with Gasteiger partial charge < -0.3 is 0 Å². The fourth-order valence-electron chi connectivity index (χ4n) is 1.11. The fraction of sp³-hybridized carbons (Fsp3) is 0.333. The molecule has 1 unspecified atom stereocenters. The van der Waals surface area contributed by atoms with Gasteiger partial charge >= 0.3 is 0 Å². The molecule has 0 aromatic heterocycles. The summed E-state index contributed by atoms with van der Waals surface area (Å²) >= 11 is 0. The van der Waals surface area contributed by atoms with Crippen molar-refractivity contribution in [3.05, 3.63) is 35.4 Å². The van der Waals surface area contributed by atoms with Crippen LogP contribution in [0.1, 0.15) is 23.7 Å². The SMILES string of the molecule is Cc1ccccc1C(C)P=O. The highest BCUT2D eigenvalue weighted by Gasteiger charge is 2.05. The maximum absolute atomic E-state index is 10.6. The second-order valence-corrected chi connectivity index (χ2v) is 3.62. The fourth-order valence-corrected chi connectivity index (χ4v) is 1.52. The van der Waals surface area contributed by atoms with Crippen LogP contribution in [0, 0.1) is 6.92 Å². The van der Waals surface area contributed by atoms with Gasteiger partial charge in [-0.1, -0.05) is 24.3 Å². The summed E-state index contributed by atoms with van der Waals surface area (Å²) in [6.07, 6.45) is 0. The van der Waals surface area contributed by atoms with Gasteiger partial charge in [0.05, 0.1) is 5.66 Å². The second-order valence-electron chi connectivity index (χ2n) is 2.64. The predicted molar refractivity (Wildman–Crippen MR) is 47.2 cm³/mol. The van der Waals surface area contributed by atoms with Gasteiger partial charge in [0.15, 0.2) is 8.46 Å². The molecule has 0 spiro atoms. The minimum Gasteiger partial charge on any atom is -0.274 e. The highest BCUT2D eigenvalue weighted by Crippen LogP contribution is 2.27. The van der Waals surface area contributed by atoms with Gasteiger partial charge in [-0.05, 0) is 25.0 Å². The Balaban J connectivity index is 3.02. The van der Waals surface area contributed by atoms with E-state index in [2.05, 4.69) is 0 Å². The van der Waals surface area contributed by atoms with Crippen molar-refractivity contribution in [3.8, 4) is 0 Å². The van der Waals surface area contributed by atoms with Crippen molar-refractivity contribution in [2.75, 3.05) is 0 Å². The lowest BCUT2D eigenvalue weighted by atomic mass is 10.1. The molecule has 0 saturated carbocycles. The molecule has 0 amide bonds. The Morgan fingerprint density at radius 2 is 2.00 bits per heavy atom. The zero-order valence-corrected chi connectivity index (χ0v) is 7.64. The average molecular weight is 166 g/mol. The number of aryl methyl sites for hydroxylation is 1. The predicted octanol–water partition coefficient (Wildman–Crippen LogP) is 3.35. The van der Waals surface area contributed by atoms with Gasteiger partial charge in [0.25, 0.3) is 0 Å². The summed E-state index contributed by atoms with van der Waals surface area (Å²) in [4.78, 5) is 0. The number of benzene rings is 1. The van der Waals surface area contributed by atoms with E-state index in [1.165, 1.54) is 11.1 Å². The van der Waals surface area contributed by atoms with Crippen molar-refractivity contribution in [2.45, 2.75) is 19.5 Å². The normalized spacial score (nSPS) is 13.3. The van der Waals surface area contributed by atoms with Crippen molar-refractivity contribution in [3.63, 3.8) is 0 Å². The zero-order valence-electron chi connectivity index (χ0n) is 6.74. The van der Waals surface area contributed by atoms with Crippen LogP contribution in [0.2, 0.25) is 0 Å². The molecule has 0 radical (unpaired) electrons. The van der Waals surface area contributed by atoms with Gasteiger partial charge in [0.2, 0.25) is 0 Å². The Kier molecular flexibility index (Phi) is 2.78. The first-order valence-corrected chi connectivity index (χ1v) is 4.52. The van der Waals surface area contributed by atoms with Crippen LogP contribution in [0.5, 0.6) is 0 Å². The van der Waals surface area contributed by atoms with Gasteiger partial charge in [-0.2, -0.15) is 0 Å². The maximum atomic E-state index is 10.6. The van der Waals surface area contributed by atoms with Gasteiger partial charge in [-0.3, -0.25) is 4.57 Å². The number of rotatable bonds is 2. The van der Waals surface area contributed by atoms with E-state index in [1.54, 1.807) is 0 Å². The molecule has 1 rings (SSSR count). The zero-order chi connectivity index (χ0) is 8.27. The first-order valence-electron chi connectivity index (χ1n) is 3.63. The first-order chi connectivity index (χ1) is 5.25. The second kappa shape index (κ2) is 3.64. The molecule has 1 nitrogen and oxygen atoms in total. The van der Waals surface area contributed by atoms with E-state index in [9.17, 15) is 4.57 Å². The minimum atomic E-state index is 0.121. The molecule has 0 aliphatic heterocycles. The van der Waals surface area contributed by atoms with Crippen molar-refractivity contribution in [1.29, 1.82) is 0 Å². The Morgan fingerprint density at radius 3 is 2.55 bits per heavy atom. The summed E-state index contributed by atoms with van der Waals surface area (Å²) < 4.78 is 10.6. The van der Waals surface area contributed by atoms with E-state index >= 15 is 0 Å². The van der Waals surface area contributed by atoms with E-state index < -0.39 is 0 Å². The molecule has 0 fully saturated rings. The summed E-state index contributed by atoms with van der Waals surface area (Å²) in [5.74, 6) is 0. The molecular weight excluding hydrogens is 155 g/mol. The molecule has 11 heavy (non-hydrogen) atoms.